The fourth-order valence-electron chi connectivity index (χ4n) is 2.46. The SMILES string of the molecule is COc1cc(C(=O)c2csc(-c3ccccc3)n2)cc(OC)c1C. The van der Waals surface area contributed by atoms with Crippen LogP contribution in [0, 0.1) is 6.92 Å². The Morgan fingerprint density at radius 3 is 2.25 bits per heavy atom. The van der Waals surface area contributed by atoms with Crippen molar-refractivity contribution in [1.82, 2.24) is 4.98 Å². The predicted octanol–water partition coefficient (Wildman–Crippen LogP) is 4.37. The highest BCUT2D eigenvalue weighted by atomic mass is 32.1. The van der Waals surface area contributed by atoms with Crippen LogP contribution in [0.25, 0.3) is 10.6 Å². The molecular weight excluding hydrogens is 322 g/mol. The average Bonchev–Trinajstić information content (AvgIpc) is 3.12. The number of nitrogens with zero attached hydrogens (tertiary/aromatic N) is 1. The Bertz CT molecular complexity index is 846. The van der Waals surface area contributed by atoms with Crippen molar-refractivity contribution < 1.29 is 14.3 Å². The number of rotatable bonds is 5. The van der Waals surface area contributed by atoms with Gasteiger partial charge in [0.15, 0.2) is 0 Å². The van der Waals surface area contributed by atoms with Crippen LogP contribution in [0.15, 0.2) is 47.8 Å². The summed E-state index contributed by atoms with van der Waals surface area (Å²) < 4.78 is 10.7. The van der Waals surface area contributed by atoms with Gasteiger partial charge in [-0.3, -0.25) is 4.79 Å². The molecule has 1 aromatic heterocycles. The number of carbonyl (C=O) groups excluding carboxylic acids is 1. The summed E-state index contributed by atoms with van der Waals surface area (Å²) in [5.41, 5.74) is 2.78. The first-order chi connectivity index (χ1) is 11.6. The summed E-state index contributed by atoms with van der Waals surface area (Å²) in [6, 6.07) is 13.3. The zero-order valence-corrected chi connectivity index (χ0v) is 14.5. The molecule has 0 spiro atoms. The van der Waals surface area contributed by atoms with Crippen LogP contribution in [0.3, 0.4) is 0 Å². The molecule has 0 amide bonds. The largest absolute Gasteiger partial charge is 0.496 e. The highest BCUT2D eigenvalue weighted by Crippen LogP contribution is 2.31. The van der Waals surface area contributed by atoms with Crippen LogP contribution in [-0.4, -0.2) is 25.0 Å². The zero-order chi connectivity index (χ0) is 17.1. The number of carbonyl (C=O) groups is 1. The van der Waals surface area contributed by atoms with E-state index in [2.05, 4.69) is 4.98 Å². The van der Waals surface area contributed by atoms with E-state index in [9.17, 15) is 4.79 Å². The van der Waals surface area contributed by atoms with Gasteiger partial charge in [-0.05, 0) is 19.1 Å². The molecule has 3 aromatic rings. The quantitative estimate of drug-likeness (QED) is 0.648. The standard InChI is InChI=1S/C19H17NO3S/c1-12-16(22-2)9-14(10-17(12)23-3)18(21)15-11-24-19(20-15)13-7-5-4-6-8-13/h4-11H,1-3H3. The van der Waals surface area contributed by atoms with E-state index in [1.165, 1.54) is 11.3 Å². The van der Waals surface area contributed by atoms with Gasteiger partial charge in [0.05, 0.1) is 14.2 Å². The lowest BCUT2D eigenvalue weighted by Gasteiger charge is -2.11. The first-order valence-corrected chi connectivity index (χ1v) is 8.30. The zero-order valence-electron chi connectivity index (χ0n) is 13.7. The molecule has 24 heavy (non-hydrogen) atoms. The molecule has 0 aliphatic carbocycles. The molecule has 4 nitrogen and oxygen atoms in total. The molecule has 122 valence electrons. The third-order valence-corrected chi connectivity index (χ3v) is 4.66. The van der Waals surface area contributed by atoms with E-state index in [4.69, 9.17) is 9.47 Å². The maximum Gasteiger partial charge on any atom is 0.212 e. The molecule has 3 rings (SSSR count). The Kier molecular flexibility index (Phi) is 4.62. The minimum Gasteiger partial charge on any atom is -0.496 e. The van der Waals surface area contributed by atoms with Crippen molar-refractivity contribution in [3.05, 3.63) is 64.7 Å². The van der Waals surface area contributed by atoms with Crippen molar-refractivity contribution in [1.29, 1.82) is 0 Å². The minimum atomic E-state index is -0.148. The number of aromatic nitrogens is 1. The van der Waals surface area contributed by atoms with Gasteiger partial charge in [0.2, 0.25) is 5.78 Å². The monoisotopic (exact) mass is 339 g/mol. The van der Waals surface area contributed by atoms with E-state index in [0.29, 0.717) is 22.8 Å². The second kappa shape index (κ2) is 6.84. The lowest BCUT2D eigenvalue weighted by Crippen LogP contribution is -2.04. The molecular formula is C19H17NO3S. The molecule has 0 N–H and O–H groups in total. The summed E-state index contributed by atoms with van der Waals surface area (Å²) in [5.74, 6) is 1.09. The van der Waals surface area contributed by atoms with Crippen LogP contribution in [0.2, 0.25) is 0 Å². The van der Waals surface area contributed by atoms with Crippen molar-refractivity contribution in [2.75, 3.05) is 14.2 Å². The number of hydrogen-bond donors (Lipinski definition) is 0. The molecule has 1 heterocycles. The van der Waals surface area contributed by atoms with Gasteiger partial charge in [-0.1, -0.05) is 30.3 Å². The van der Waals surface area contributed by atoms with Gasteiger partial charge in [0, 0.05) is 22.1 Å². The van der Waals surface area contributed by atoms with E-state index in [0.717, 1.165) is 16.1 Å². The summed E-state index contributed by atoms with van der Waals surface area (Å²) in [4.78, 5) is 17.2. The van der Waals surface area contributed by atoms with Gasteiger partial charge < -0.3 is 9.47 Å². The molecule has 0 unspecified atom stereocenters. The second-order valence-electron chi connectivity index (χ2n) is 5.24. The van der Waals surface area contributed by atoms with Gasteiger partial charge in [0.1, 0.15) is 22.2 Å². The molecule has 0 saturated heterocycles. The van der Waals surface area contributed by atoms with Gasteiger partial charge in [-0.15, -0.1) is 11.3 Å². The van der Waals surface area contributed by atoms with Crippen molar-refractivity contribution in [2.24, 2.45) is 0 Å². The molecule has 0 aliphatic heterocycles. The summed E-state index contributed by atoms with van der Waals surface area (Å²) in [6.45, 7) is 1.89. The molecule has 0 aliphatic rings. The van der Waals surface area contributed by atoms with Gasteiger partial charge in [-0.2, -0.15) is 0 Å². The van der Waals surface area contributed by atoms with Gasteiger partial charge in [0.25, 0.3) is 0 Å². The number of hydrogen-bond acceptors (Lipinski definition) is 5. The molecule has 5 heteroatoms. The Hall–Kier alpha value is -2.66. The fourth-order valence-corrected chi connectivity index (χ4v) is 3.26. The first-order valence-electron chi connectivity index (χ1n) is 7.42. The van der Waals surface area contributed by atoms with E-state index in [1.54, 1.807) is 31.7 Å². The highest BCUT2D eigenvalue weighted by Gasteiger charge is 2.18. The Labute approximate surface area is 144 Å². The summed E-state index contributed by atoms with van der Waals surface area (Å²) in [7, 11) is 3.15. The van der Waals surface area contributed by atoms with Crippen molar-refractivity contribution in [2.45, 2.75) is 6.92 Å². The average molecular weight is 339 g/mol. The smallest absolute Gasteiger partial charge is 0.212 e. The molecule has 0 saturated carbocycles. The normalized spacial score (nSPS) is 10.5. The van der Waals surface area contributed by atoms with Crippen LogP contribution >= 0.6 is 11.3 Å². The lowest BCUT2D eigenvalue weighted by molar-refractivity contribution is 0.103. The predicted molar refractivity (Wildman–Crippen MR) is 95.3 cm³/mol. The first kappa shape index (κ1) is 16.2. The fraction of sp³-hybridized carbons (Fsp3) is 0.158. The highest BCUT2D eigenvalue weighted by molar-refractivity contribution is 7.13. The van der Waals surface area contributed by atoms with E-state index in [1.807, 2.05) is 37.3 Å². The summed E-state index contributed by atoms with van der Waals surface area (Å²) in [6.07, 6.45) is 0. The van der Waals surface area contributed by atoms with Gasteiger partial charge >= 0.3 is 0 Å². The Morgan fingerprint density at radius 1 is 1.04 bits per heavy atom. The van der Waals surface area contributed by atoms with Crippen LogP contribution < -0.4 is 9.47 Å². The van der Waals surface area contributed by atoms with Crippen LogP contribution in [0.5, 0.6) is 11.5 Å². The molecule has 0 bridgehead atoms. The number of methoxy groups -OCH3 is 2. The van der Waals surface area contributed by atoms with Crippen LogP contribution in [0.4, 0.5) is 0 Å². The Balaban J connectivity index is 1.97. The summed E-state index contributed by atoms with van der Waals surface area (Å²) >= 11 is 1.45. The molecule has 0 atom stereocenters. The Morgan fingerprint density at radius 2 is 1.67 bits per heavy atom. The number of benzene rings is 2. The van der Waals surface area contributed by atoms with Crippen LogP contribution in [0.1, 0.15) is 21.6 Å². The summed E-state index contributed by atoms with van der Waals surface area (Å²) in [5, 5.41) is 2.61. The van der Waals surface area contributed by atoms with Crippen molar-refractivity contribution in [3.8, 4) is 22.1 Å². The maximum atomic E-state index is 12.8. The van der Waals surface area contributed by atoms with E-state index in [-0.39, 0.29) is 5.78 Å². The van der Waals surface area contributed by atoms with Crippen molar-refractivity contribution >= 4 is 17.1 Å². The van der Waals surface area contributed by atoms with E-state index >= 15 is 0 Å². The number of ketones is 1. The molecule has 0 radical (unpaired) electrons. The number of thiazole rings is 1. The topological polar surface area (TPSA) is 48.4 Å². The third kappa shape index (κ3) is 3.03. The second-order valence-corrected chi connectivity index (χ2v) is 6.10. The van der Waals surface area contributed by atoms with Gasteiger partial charge in [-0.25, -0.2) is 4.98 Å². The maximum absolute atomic E-state index is 12.8. The number of ether oxygens (including phenoxy) is 2. The van der Waals surface area contributed by atoms with Crippen molar-refractivity contribution in [3.63, 3.8) is 0 Å². The molecule has 0 fully saturated rings. The van der Waals surface area contributed by atoms with E-state index < -0.39 is 0 Å². The lowest BCUT2D eigenvalue weighted by atomic mass is 10.0. The molecule has 2 aromatic carbocycles. The minimum absolute atomic E-state index is 0.148. The van der Waals surface area contributed by atoms with Crippen LogP contribution in [-0.2, 0) is 0 Å². The third-order valence-electron chi connectivity index (χ3n) is 3.77.